The first-order valence-electron chi connectivity index (χ1n) is 6.22. The maximum absolute atomic E-state index is 11.4. The Kier molecular flexibility index (Phi) is 5.84. The molecule has 0 aromatic carbocycles. The van der Waals surface area contributed by atoms with E-state index in [1.807, 2.05) is 13.1 Å². The summed E-state index contributed by atoms with van der Waals surface area (Å²) < 4.78 is 1.75. The zero-order valence-electron chi connectivity index (χ0n) is 11.2. The maximum atomic E-state index is 11.4. The number of hydrogen-bond acceptors (Lipinski definition) is 3. The van der Waals surface area contributed by atoms with Crippen LogP contribution < -0.4 is 10.6 Å². The number of carboxylic acids is 1. The zero-order chi connectivity index (χ0) is 14.3. The summed E-state index contributed by atoms with van der Waals surface area (Å²) in [4.78, 5) is 22.0. The number of nitrogens with zero attached hydrogens (tertiary/aromatic N) is 2. The molecule has 19 heavy (non-hydrogen) atoms. The van der Waals surface area contributed by atoms with Crippen LogP contribution in [0.4, 0.5) is 4.79 Å². The highest BCUT2D eigenvalue weighted by molar-refractivity contribution is 5.74. The molecule has 7 nitrogen and oxygen atoms in total. The van der Waals surface area contributed by atoms with Crippen molar-refractivity contribution < 1.29 is 14.7 Å². The number of rotatable bonds is 7. The normalized spacial score (nSPS) is 11.9. The molecule has 0 saturated carbocycles. The first-order chi connectivity index (χ1) is 8.99. The van der Waals surface area contributed by atoms with Crippen LogP contribution in [-0.4, -0.2) is 40.0 Å². The Bertz CT molecular complexity index is 430. The van der Waals surface area contributed by atoms with E-state index in [-0.39, 0.29) is 6.03 Å². The number of hydrogen-bond donors (Lipinski definition) is 3. The molecule has 7 heteroatoms. The van der Waals surface area contributed by atoms with Gasteiger partial charge in [-0.05, 0) is 18.9 Å². The van der Waals surface area contributed by atoms with Gasteiger partial charge in [-0.1, -0.05) is 6.92 Å². The first kappa shape index (κ1) is 15.0. The second-order valence-electron chi connectivity index (χ2n) is 4.49. The van der Waals surface area contributed by atoms with E-state index < -0.39 is 11.9 Å². The number of carbonyl (C=O) groups excluding carboxylic acids is 1. The summed E-state index contributed by atoms with van der Waals surface area (Å²) in [6.45, 7) is 4.99. The lowest BCUT2D eigenvalue weighted by Gasteiger charge is -2.09. The monoisotopic (exact) mass is 268 g/mol. The number of amides is 2. The average molecular weight is 268 g/mol. The molecule has 1 aromatic rings. The number of carbonyl (C=O) groups is 2. The fourth-order valence-corrected chi connectivity index (χ4v) is 1.46. The fourth-order valence-electron chi connectivity index (χ4n) is 1.46. The SMILES string of the molecule is Cc1cnn(CCNC(=O)NCCC(C)C(=O)O)c1. The molecule has 1 unspecified atom stereocenters. The summed E-state index contributed by atoms with van der Waals surface area (Å²) in [5.41, 5.74) is 1.08. The van der Waals surface area contributed by atoms with Crippen molar-refractivity contribution in [1.29, 1.82) is 0 Å². The van der Waals surface area contributed by atoms with Crippen molar-refractivity contribution in [3.63, 3.8) is 0 Å². The number of aryl methyl sites for hydroxylation is 1. The van der Waals surface area contributed by atoms with Crippen LogP contribution in [0.5, 0.6) is 0 Å². The minimum Gasteiger partial charge on any atom is -0.481 e. The van der Waals surface area contributed by atoms with Crippen LogP contribution in [0.2, 0.25) is 0 Å². The molecule has 0 aliphatic rings. The van der Waals surface area contributed by atoms with Crippen LogP contribution >= 0.6 is 0 Å². The Morgan fingerprint density at radius 3 is 2.68 bits per heavy atom. The molecule has 0 saturated heterocycles. The Morgan fingerprint density at radius 2 is 2.11 bits per heavy atom. The van der Waals surface area contributed by atoms with E-state index in [1.54, 1.807) is 17.8 Å². The van der Waals surface area contributed by atoms with Gasteiger partial charge in [-0.25, -0.2) is 4.79 Å². The van der Waals surface area contributed by atoms with Gasteiger partial charge in [0.2, 0.25) is 0 Å². The first-order valence-corrected chi connectivity index (χ1v) is 6.22. The average Bonchev–Trinajstić information content (AvgIpc) is 2.74. The van der Waals surface area contributed by atoms with Crippen LogP contribution in [-0.2, 0) is 11.3 Å². The second kappa shape index (κ2) is 7.40. The maximum Gasteiger partial charge on any atom is 0.314 e. The lowest BCUT2D eigenvalue weighted by atomic mass is 10.1. The van der Waals surface area contributed by atoms with Crippen LogP contribution in [0.1, 0.15) is 18.9 Å². The van der Waals surface area contributed by atoms with Gasteiger partial charge in [0, 0.05) is 19.3 Å². The summed E-state index contributed by atoms with van der Waals surface area (Å²) in [7, 11) is 0. The summed E-state index contributed by atoms with van der Waals surface area (Å²) in [5, 5.41) is 18.1. The smallest absolute Gasteiger partial charge is 0.314 e. The Morgan fingerprint density at radius 1 is 1.42 bits per heavy atom. The summed E-state index contributed by atoms with van der Waals surface area (Å²) in [6.07, 6.45) is 4.07. The van der Waals surface area contributed by atoms with Gasteiger partial charge < -0.3 is 15.7 Å². The van der Waals surface area contributed by atoms with E-state index in [9.17, 15) is 9.59 Å². The third-order valence-electron chi connectivity index (χ3n) is 2.67. The van der Waals surface area contributed by atoms with Gasteiger partial charge >= 0.3 is 12.0 Å². The van der Waals surface area contributed by atoms with E-state index in [0.717, 1.165) is 5.56 Å². The predicted molar refractivity (Wildman–Crippen MR) is 69.8 cm³/mol. The number of carboxylic acid groups (broad SMARTS) is 1. The highest BCUT2D eigenvalue weighted by Gasteiger charge is 2.10. The number of nitrogens with one attached hydrogen (secondary N) is 2. The van der Waals surface area contributed by atoms with Crippen molar-refractivity contribution in [3.8, 4) is 0 Å². The topological polar surface area (TPSA) is 96.3 Å². The van der Waals surface area contributed by atoms with Crippen molar-refractivity contribution in [2.45, 2.75) is 26.8 Å². The molecule has 1 rings (SSSR count). The van der Waals surface area contributed by atoms with E-state index in [4.69, 9.17) is 5.11 Å². The highest BCUT2D eigenvalue weighted by atomic mass is 16.4. The van der Waals surface area contributed by atoms with Crippen molar-refractivity contribution in [3.05, 3.63) is 18.0 Å². The number of aliphatic carboxylic acids is 1. The molecule has 0 radical (unpaired) electrons. The van der Waals surface area contributed by atoms with Crippen LogP contribution in [0.15, 0.2) is 12.4 Å². The lowest BCUT2D eigenvalue weighted by molar-refractivity contribution is -0.141. The largest absolute Gasteiger partial charge is 0.481 e. The minimum atomic E-state index is -0.851. The standard InChI is InChI=1S/C12H20N4O3/c1-9-7-15-16(8-9)6-5-14-12(19)13-4-3-10(2)11(17)18/h7-8,10H,3-6H2,1-2H3,(H,17,18)(H2,13,14,19). The quantitative estimate of drug-likeness (QED) is 0.674. The summed E-state index contributed by atoms with van der Waals surface area (Å²) >= 11 is 0. The third-order valence-corrected chi connectivity index (χ3v) is 2.67. The minimum absolute atomic E-state index is 0.290. The van der Waals surface area contributed by atoms with Gasteiger partial charge in [0.1, 0.15) is 0 Å². The molecule has 0 aliphatic heterocycles. The highest BCUT2D eigenvalue weighted by Crippen LogP contribution is 1.99. The molecule has 0 spiro atoms. The van der Waals surface area contributed by atoms with Gasteiger partial charge in [-0.3, -0.25) is 9.48 Å². The fraction of sp³-hybridized carbons (Fsp3) is 0.583. The molecule has 1 heterocycles. The lowest BCUT2D eigenvalue weighted by Crippen LogP contribution is -2.38. The zero-order valence-corrected chi connectivity index (χ0v) is 11.2. The molecule has 106 valence electrons. The van der Waals surface area contributed by atoms with Crippen molar-refractivity contribution >= 4 is 12.0 Å². The van der Waals surface area contributed by atoms with E-state index >= 15 is 0 Å². The van der Waals surface area contributed by atoms with Gasteiger partial charge in [0.25, 0.3) is 0 Å². The number of urea groups is 1. The molecular formula is C12H20N4O3. The number of aromatic nitrogens is 2. The van der Waals surface area contributed by atoms with Gasteiger partial charge in [0.05, 0.1) is 18.7 Å². The van der Waals surface area contributed by atoms with Crippen molar-refractivity contribution in [1.82, 2.24) is 20.4 Å². The molecule has 0 aliphatic carbocycles. The molecule has 0 fully saturated rings. The Balaban J connectivity index is 2.10. The molecule has 1 atom stereocenters. The van der Waals surface area contributed by atoms with Gasteiger partial charge in [-0.15, -0.1) is 0 Å². The van der Waals surface area contributed by atoms with Crippen molar-refractivity contribution in [2.75, 3.05) is 13.1 Å². The van der Waals surface area contributed by atoms with Crippen LogP contribution in [0.25, 0.3) is 0 Å². The van der Waals surface area contributed by atoms with E-state index in [2.05, 4.69) is 15.7 Å². The van der Waals surface area contributed by atoms with Crippen LogP contribution in [0.3, 0.4) is 0 Å². The summed E-state index contributed by atoms with van der Waals surface area (Å²) in [5.74, 6) is -1.30. The van der Waals surface area contributed by atoms with Crippen molar-refractivity contribution in [2.24, 2.45) is 5.92 Å². The molecule has 2 amide bonds. The third kappa shape index (κ3) is 5.89. The Hall–Kier alpha value is -2.05. The summed E-state index contributed by atoms with van der Waals surface area (Å²) in [6, 6.07) is -0.290. The van der Waals surface area contributed by atoms with E-state index in [0.29, 0.717) is 26.1 Å². The molecule has 1 aromatic heterocycles. The molecule has 0 bridgehead atoms. The Labute approximate surface area is 112 Å². The van der Waals surface area contributed by atoms with Gasteiger partial charge in [-0.2, -0.15) is 5.10 Å². The molecular weight excluding hydrogens is 248 g/mol. The second-order valence-corrected chi connectivity index (χ2v) is 4.49. The van der Waals surface area contributed by atoms with Crippen LogP contribution in [0, 0.1) is 12.8 Å². The van der Waals surface area contributed by atoms with E-state index in [1.165, 1.54) is 0 Å². The molecule has 3 N–H and O–H groups in total. The predicted octanol–water partition coefficient (Wildman–Crippen LogP) is 0.602. The van der Waals surface area contributed by atoms with Gasteiger partial charge in [0.15, 0.2) is 0 Å².